The summed E-state index contributed by atoms with van der Waals surface area (Å²) in [6.45, 7) is 3.79. The van der Waals surface area contributed by atoms with Crippen LogP contribution >= 0.6 is 0 Å². The van der Waals surface area contributed by atoms with Crippen molar-refractivity contribution in [1.82, 2.24) is 40.0 Å². The van der Waals surface area contributed by atoms with E-state index in [4.69, 9.17) is 9.72 Å². The smallest absolute Gasteiger partial charge is 0.159 e. The van der Waals surface area contributed by atoms with Crippen LogP contribution in [0.5, 0.6) is 11.5 Å². The van der Waals surface area contributed by atoms with Gasteiger partial charge in [-0.1, -0.05) is 0 Å². The highest BCUT2D eigenvalue weighted by Crippen LogP contribution is 2.33. The number of phenolic OH excluding ortho intramolecular Hbond substituents is 1. The second-order valence-electron chi connectivity index (χ2n) is 9.86. The molecule has 0 radical (unpaired) electrons. The highest BCUT2D eigenvalue weighted by Gasteiger charge is 2.18. The third-order valence-corrected chi connectivity index (χ3v) is 7.14. The molecular formula is C29H25FN8O2. The Hall–Kier alpha value is -4.90. The number of hydrogen-bond acceptors (Lipinski definition) is 8. The molecule has 0 unspecified atom stereocenters. The largest absolute Gasteiger partial charge is 0.508 e. The lowest BCUT2D eigenvalue weighted by molar-refractivity contribution is 0.237. The summed E-state index contributed by atoms with van der Waals surface area (Å²) >= 11 is 0. The number of nitrogens with one attached hydrogen (secondary N) is 2. The van der Waals surface area contributed by atoms with Crippen molar-refractivity contribution in [2.24, 2.45) is 0 Å². The minimum Gasteiger partial charge on any atom is -0.508 e. The third-order valence-electron chi connectivity index (χ3n) is 7.14. The molecule has 0 spiro atoms. The van der Waals surface area contributed by atoms with Gasteiger partial charge in [-0.25, -0.2) is 9.37 Å². The van der Waals surface area contributed by atoms with E-state index in [1.807, 2.05) is 12.1 Å². The molecule has 1 aliphatic rings. The molecule has 7 rings (SSSR count). The number of aromatic amines is 2. The molecule has 0 saturated carbocycles. The molecule has 6 heterocycles. The van der Waals surface area contributed by atoms with Gasteiger partial charge in [0.25, 0.3) is 0 Å². The van der Waals surface area contributed by atoms with Crippen molar-refractivity contribution in [3.8, 4) is 45.4 Å². The first-order chi connectivity index (χ1) is 19.6. The third kappa shape index (κ3) is 4.60. The predicted molar refractivity (Wildman–Crippen MR) is 148 cm³/mol. The minimum atomic E-state index is -0.545. The van der Waals surface area contributed by atoms with Gasteiger partial charge in [0.15, 0.2) is 5.82 Å². The first-order valence-corrected chi connectivity index (χ1v) is 13.1. The van der Waals surface area contributed by atoms with Crippen molar-refractivity contribution in [2.75, 3.05) is 26.2 Å². The summed E-state index contributed by atoms with van der Waals surface area (Å²) in [4.78, 5) is 23.7. The average molecular weight is 537 g/mol. The van der Waals surface area contributed by atoms with Crippen LogP contribution in [0.3, 0.4) is 0 Å². The van der Waals surface area contributed by atoms with Crippen LogP contribution in [0, 0.1) is 5.82 Å². The molecule has 200 valence electrons. The van der Waals surface area contributed by atoms with Crippen molar-refractivity contribution in [2.45, 2.75) is 12.8 Å². The molecule has 5 aromatic heterocycles. The number of H-pyrrole nitrogens is 2. The van der Waals surface area contributed by atoms with Crippen LogP contribution in [0.15, 0.2) is 61.3 Å². The SMILES string of the molecule is Oc1cc(F)cc(-c2cncc3[nH]c(-c4n[nH]c5cnc(-c6cncc(OCCN7CCCC7)c6)cc45)nc23)c1. The van der Waals surface area contributed by atoms with Gasteiger partial charge in [0.2, 0.25) is 0 Å². The summed E-state index contributed by atoms with van der Waals surface area (Å²) in [7, 11) is 0. The number of fused-ring (bicyclic) bond motifs is 2. The normalized spacial score (nSPS) is 13.9. The Morgan fingerprint density at radius 3 is 2.67 bits per heavy atom. The van der Waals surface area contributed by atoms with Gasteiger partial charge in [-0.2, -0.15) is 5.10 Å². The van der Waals surface area contributed by atoms with Gasteiger partial charge < -0.3 is 14.8 Å². The van der Waals surface area contributed by atoms with Crippen molar-refractivity contribution < 1.29 is 14.2 Å². The first kappa shape index (κ1) is 24.2. The Morgan fingerprint density at radius 2 is 1.80 bits per heavy atom. The Kier molecular flexibility index (Phi) is 6.05. The van der Waals surface area contributed by atoms with Crippen molar-refractivity contribution in [1.29, 1.82) is 0 Å². The quantitative estimate of drug-likeness (QED) is 0.262. The molecule has 0 atom stereocenters. The molecule has 0 amide bonds. The van der Waals surface area contributed by atoms with E-state index in [0.29, 0.717) is 46.0 Å². The number of nitrogens with zero attached hydrogens (tertiary/aromatic N) is 6. The Morgan fingerprint density at radius 1 is 0.925 bits per heavy atom. The van der Waals surface area contributed by atoms with E-state index < -0.39 is 5.82 Å². The lowest BCUT2D eigenvalue weighted by atomic mass is 10.1. The molecule has 1 aromatic carbocycles. The van der Waals surface area contributed by atoms with Gasteiger partial charge in [0, 0.05) is 41.5 Å². The van der Waals surface area contributed by atoms with Crippen LogP contribution in [-0.4, -0.2) is 71.4 Å². The van der Waals surface area contributed by atoms with Gasteiger partial charge in [-0.3, -0.25) is 25.0 Å². The Labute approximate surface area is 227 Å². The molecule has 11 heteroatoms. The first-order valence-electron chi connectivity index (χ1n) is 13.1. The van der Waals surface area contributed by atoms with E-state index in [2.05, 4.69) is 35.0 Å². The summed E-state index contributed by atoms with van der Waals surface area (Å²) in [5.41, 5.74) is 5.21. The summed E-state index contributed by atoms with van der Waals surface area (Å²) < 4.78 is 20.0. The molecule has 0 aliphatic carbocycles. The standard InChI is InChI=1S/C29H25FN8O2/c30-19-7-17(8-20(39)10-19)23-14-32-15-26-27(23)35-29(34-26)28-22-11-24(33-16-25(22)36-37-28)18-9-21(13-31-12-18)40-6-5-38-3-1-2-4-38/h7-16,39H,1-6H2,(H,34,35)(H,36,37). The van der Waals surface area contributed by atoms with E-state index >= 15 is 0 Å². The summed E-state index contributed by atoms with van der Waals surface area (Å²) in [5.74, 6) is 0.505. The van der Waals surface area contributed by atoms with E-state index in [9.17, 15) is 9.50 Å². The fourth-order valence-corrected chi connectivity index (χ4v) is 5.18. The molecule has 1 saturated heterocycles. The number of halogens is 1. The van der Waals surface area contributed by atoms with Crippen molar-refractivity contribution in [3.63, 3.8) is 0 Å². The number of ether oxygens (including phenoxy) is 1. The lowest BCUT2D eigenvalue weighted by Gasteiger charge is -2.15. The topological polar surface area (TPSA) is 129 Å². The number of aromatic hydroxyl groups is 1. The van der Waals surface area contributed by atoms with Crippen LogP contribution in [0.2, 0.25) is 0 Å². The zero-order chi connectivity index (χ0) is 27.1. The zero-order valence-corrected chi connectivity index (χ0v) is 21.4. The fraction of sp³-hybridized carbons (Fsp3) is 0.207. The molecule has 1 aliphatic heterocycles. The second kappa shape index (κ2) is 10.0. The highest BCUT2D eigenvalue weighted by atomic mass is 19.1. The number of pyridine rings is 3. The summed E-state index contributed by atoms with van der Waals surface area (Å²) in [6, 6.07) is 7.76. The average Bonchev–Trinajstić information content (AvgIpc) is 3.71. The maximum Gasteiger partial charge on any atom is 0.159 e. The Bertz CT molecular complexity index is 1820. The van der Waals surface area contributed by atoms with E-state index in [1.165, 1.54) is 25.0 Å². The zero-order valence-electron chi connectivity index (χ0n) is 21.4. The highest BCUT2D eigenvalue weighted by molar-refractivity contribution is 5.97. The molecular weight excluding hydrogens is 511 g/mol. The van der Waals surface area contributed by atoms with E-state index in [-0.39, 0.29) is 5.75 Å². The molecule has 10 nitrogen and oxygen atoms in total. The van der Waals surface area contributed by atoms with Crippen LogP contribution in [0.1, 0.15) is 12.8 Å². The number of benzene rings is 1. The van der Waals surface area contributed by atoms with Gasteiger partial charge in [0.1, 0.15) is 29.6 Å². The van der Waals surface area contributed by atoms with Gasteiger partial charge in [-0.05, 0) is 55.8 Å². The molecule has 1 fully saturated rings. The number of likely N-dealkylation sites (tertiary alicyclic amines) is 1. The number of rotatable bonds is 7. The molecule has 40 heavy (non-hydrogen) atoms. The van der Waals surface area contributed by atoms with Crippen LogP contribution in [0.25, 0.3) is 55.8 Å². The number of hydrogen-bond donors (Lipinski definition) is 3. The number of phenols is 1. The molecule has 3 N–H and O–H groups in total. The lowest BCUT2D eigenvalue weighted by Crippen LogP contribution is -2.25. The van der Waals surface area contributed by atoms with Crippen LogP contribution in [0.4, 0.5) is 4.39 Å². The van der Waals surface area contributed by atoms with Gasteiger partial charge in [0.05, 0.1) is 40.8 Å². The van der Waals surface area contributed by atoms with E-state index in [1.54, 1.807) is 31.0 Å². The number of aromatic nitrogens is 7. The Balaban J connectivity index is 1.21. The van der Waals surface area contributed by atoms with Gasteiger partial charge in [-0.15, -0.1) is 0 Å². The van der Waals surface area contributed by atoms with E-state index in [0.717, 1.165) is 47.9 Å². The second-order valence-corrected chi connectivity index (χ2v) is 9.86. The summed E-state index contributed by atoms with van der Waals surface area (Å²) in [5, 5.41) is 18.2. The minimum absolute atomic E-state index is 0.170. The van der Waals surface area contributed by atoms with Crippen molar-refractivity contribution >= 4 is 21.9 Å². The molecule has 6 aromatic rings. The maximum atomic E-state index is 14.0. The van der Waals surface area contributed by atoms with Crippen LogP contribution < -0.4 is 4.74 Å². The maximum absolute atomic E-state index is 14.0. The monoisotopic (exact) mass is 536 g/mol. The van der Waals surface area contributed by atoms with Crippen molar-refractivity contribution in [3.05, 3.63) is 67.1 Å². The summed E-state index contributed by atoms with van der Waals surface area (Å²) in [6.07, 6.45) is 11.0. The molecule has 0 bridgehead atoms. The number of imidazole rings is 1. The van der Waals surface area contributed by atoms with Gasteiger partial charge >= 0.3 is 0 Å². The predicted octanol–water partition coefficient (Wildman–Crippen LogP) is 4.94. The van der Waals surface area contributed by atoms with Crippen LogP contribution in [-0.2, 0) is 0 Å². The fourth-order valence-electron chi connectivity index (χ4n) is 5.18.